The molecule has 3 aromatic rings. The summed E-state index contributed by atoms with van der Waals surface area (Å²) in [5.41, 5.74) is 6.82. The van der Waals surface area contributed by atoms with Gasteiger partial charge < -0.3 is 10.1 Å². The third-order valence-electron chi connectivity index (χ3n) is 4.22. The van der Waals surface area contributed by atoms with Crippen molar-refractivity contribution in [2.45, 2.75) is 13.8 Å². The summed E-state index contributed by atoms with van der Waals surface area (Å²) in [7, 11) is 0. The molecule has 2 aromatic carbocycles. The Hall–Kier alpha value is -3.63. The highest BCUT2D eigenvalue weighted by Gasteiger charge is 2.24. The molecule has 0 saturated carbocycles. The van der Waals surface area contributed by atoms with Gasteiger partial charge in [-0.15, -0.1) is 0 Å². The van der Waals surface area contributed by atoms with Crippen molar-refractivity contribution >= 4 is 52.1 Å². The number of nitro groups is 1. The molecule has 1 amide bonds. The summed E-state index contributed by atoms with van der Waals surface area (Å²) < 4.78 is 5.33. The Bertz CT molecular complexity index is 1170. The number of aryl methyl sites for hydroxylation is 2. The van der Waals surface area contributed by atoms with Gasteiger partial charge in [0, 0.05) is 10.7 Å². The minimum absolute atomic E-state index is 0.0281. The second kappa shape index (κ2) is 10.1. The van der Waals surface area contributed by atoms with E-state index in [4.69, 9.17) is 27.9 Å². The van der Waals surface area contributed by atoms with Crippen LogP contribution in [0.25, 0.3) is 0 Å². The van der Waals surface area contributed by atoms with Crippen LogP contribution in [0.15, 0.2) is 42.7 Å². The molecule has 0 atom stereocenters. The molecule has 12 heteroatoms. The van der Waals surface area contributed by atoms with E-state index in [1.165, 1.54) is 12.1 Å². The van der Waals surface area contributed by atoms with Gasteiger partial charge in [-0.1, -0.05) is 35.3 Å². The fourth-order valence-electron chi connectivity index (χ4n) is 2.63. The molecule has 32 heavy (non-hydrogen) atoms. The number of carbonyl (C=O) groups excluding carboxylic acids is 1. The average Bonchev–Trinajstić information content (AvgIpc) is 2.74. The second-order valence-electron chi connectivity index (χ2n) is 6.66. The van der Waals surface area contributed by atoms with Crippen molar-refractivity contribution in [1.29, 1.82) is 0 Å². The van der Waals surface area contributed by atoms with Gasteiger partial charge in [0.25, 0.3) is 5.91 Å². The number of nitrogens with zero attached hydrogens (tertiary/aromatic N) is 3. The normalized spacial score (nSPS) is 10.4. The Morgan fingerprint density at radius 1 is 1.12 bits per heavy atom. The third kappa shape index (κ3) is 5.74. The first-order chi connectivity index (χ1) is 15.2. The Kier molecular flexibility index (Phi) is 7.29. The fourth-order valence-corrected chi connectivity index (χ4v) is 3.10. The monoisotopic (exact) mass is 476 g/mol. The third-order valence-corrected chi connectivity index (χ3v) is 4.75. The zero-order valence-corrected chi connectivity index (χ0v) is 18.5. The minimum Gasteiger partial charge on any atom is -0.482 e. The fraction of sp³-hybridized carbons (Fsp3) is 0.150. The van der Waals surface area contributed by atoms with Gasteiger partial charge in [-0.3, -0.25) is 25.8 Å². The van der Waals surface area contributed by atoms with Crippen molar-refractivity contribution in [3.63, 3.8) is 0 Å². The molecule has 0 unspecified atom stereocenters. The highest BCUT2D eigenvalue weighted by molar-refractivity contribution is 6.35. The molecule has 0 aliphatic carbocycles. The first-order valence-corrected chi connectivity index (χ1v) is 9.96. The van der Waals surface area contributed by atoms with Crippen LogP contribution in [0.2, 0.25) is 10.0 Å². The van der Waals surface area contributed by atoms with Crippen molar-refractivity contribution < 1.29 is 14.5 Å². The van der Waals surface area contributed by atoms with Crippen molar-refractivity contribution in [3.05, 3.63) is 74.0 Å². The number of hydrogen-bond acceptors (Lipinski definition) is 8. The zero-order valence-electron chi connectivity index (χ0n) is 17.0. The van der Waals surface area contributed by atoms with E-state index in [2.05, 4.69) is 26.1 Å². The SMILES string of the molecule is Cc1ccc(C)c(Nc2ncnc(NNC(=O)COc3ccc(Cl)cc3Cl)c2[N+](=O)[O-])c1. The number of rotatable bonds is 8. The van der Waals surface area contributed by atoms with Crippen LogP contribution in [0.3, 0.4) is 0 Å². The largest absolute Gasteiger partial charge is 0.482 e. The number of carbonyl (C=O) groups is 1. The topological polar surface area (TPSA) is 131 Å². The molecule has 3 rings (SSSR count). The molecule has 166 valence electrons. The summed E-state index contributed by atoms with van der Waals surface area (Å²) in [6.45, 7) is 3.36. The van der Waals surface area contributed by atoms with E-state index >= 15 is 0 Å². The van der Waals surface area contributed by atoms with Crippen molar-refractivity contribution in [2.75, 3.05) is 17.3 Å². The Morgan fingerprint density at radius 3 is 2.59 bits per heavy atom. The van der Waals surface area contributed by atoms with E-state index in [1.807, 2.05) is 32.0 Å². The molecule has 0 fully saturated rings. The number of anilines is 3. The predicted octanol–water partition coefficient (Wildman–Crippen LogP) is 4.57. The Morgan fingerprint density at radius 2 is 1.88 bits per heavy atom. The van der Waals surface area contributed by atoms with Crippen LogP contribution >= 0.6 is 23.2 Å². The van der Waals surface area contributed by atoms with Gasteiger partial charge in [-0.05, 0) is 49.2 Å². The number of ether oxygens (including phenoxy) is 1. The van der Waals surface area contributed by atoms with E-state index < -0.39 is 23.1 Å². The van der Waals surface area contributed by atoms with Gasteiger partial charge in [-0.25, -0.2) is 9.97 Å². The van der Waals surface area contributed by atoms with Crippen LogP contribution in [0, 0.1) is 24.0 Å². The Labute approximate surface area is 193 Å². The summed E-state index contributed by atoms with van der Waals surface area (Å²) in [6, 6.07) is 10.2. The number of amides is 1. The van der Waals surface area contributed by atoms with Gasteiger partial charge in [0.2, 0.25) is 11.6 Å². The number of aromatic nitrogens is 2. The van der Waals surface area contributed by atoms with E-state index in [9.17, 15) is 14.9 Å². The smallest absolute Gasteiger partial charge is 0.355 e. The van der Waals surface area contributed by atoms with Crippen LogP contribution < -0.4 is 20.9 Å². The summed E-state index contributed by atoms with van der Waals surface area (Å²) in [5.74, 6) is -0.581. The quantitative estimate of drug-likeness (QED) is 0.318. The highest BCUT2D eigenvalue weighted by atomic mass is 35.5. The Balaban J connectivity index is 1.71. The van der Waals surface area contributed by atoms with E-state index in [0.717, 1.165) is 17.5 Å². The molecule has 0 radical (unpaired) electrons. The van der Waals surface area contributed by atoms with E-state index in [0.29, 0.717) is 10.7 Å². The van der Waals surface area contributed by atoms with Crippen molar-refractivity contribution in [1.82, 2.24) is 15.4 Å². The molecule has 0 saturated heterocycles. The minimum atomic E-state index is -0.647. The molecule has 1 aromatic heterocycles. The lowest BCUT2D eigenvalue weighted by Gasteiger charge is -2.13. The van der Waals surface area contributed by atoms with Crippen LogP contribution in [0.5, 0.6) is 5.75 Å². The predicted molar refractivity (Wildman–Crippen MR) is 122 cm³/mol. The maximum Gasteiger partial charge on any atom is 0.355 e. The highest BCUT2D eigenvalue weighted by Crippen LogP contribution is 2.32. The number of hydrogen-bond donors (Lipinski definition) is 3. The van der Waals surface area contributed by atoms with Crippen LogP contribution in [0.1, 0.15) is 11.1 Å². The maximum atomic E-state index is 12.1. The van der Waals surface area contributed by atoms with Crippen LogP contribution in [0.4, 0.5) is 23.0 Å². The number of halogens is 2. The molecule has 0 bridgehead atoms. The number of nitrogens with one attached hydrogen (secondary N) is 3. The van der Waals surface area contributed by atoms with E-state index in [1.54, 1.807) is 6.07 Å². The number of benzene rings is 2. The van der Waals surface area contributed by atoms with Gasteiger partial charge >= 0.3 is 5.69 Å². The lowest BCUT2D eigenvalue weighted by atomic mass is 10.1. The summed E-state index contributed by atoms with van der Waals surface area (Å²) in [4.78, 5) is 31.0. The van der Waals surface area contributed by atoms with Crippen molar-refractivity contribution in [2.24, 2.45) is 0 Å². The molecule has 1 heterocycles. The zero-order chi connectivity index (χ0) is 23.3. The van der Waals surface area contributed by atoms with Crippen LogP contribution in [-0.4, -0.2) is 27.4 Å². The molecule has 0 aliphatic heterocycles. The molecular formula is C20H18Cl2N6O4. The van der Waals surface area contributed by atoms with Gasteiger partial charge in [0.1, 0.15) is 12.1 Å². The standard InChI is InChI=1S/C20H18Cl2N6O4/c1-11-3-4-12(2)15(7-11)25-19-18(28(30)31)20(24-10-23-19)27-26-17(29)9-32-16-6-5-13(21)8-14(16)22/h3-8,10H,9H2,1-2H3,(H,26,29)(H2,23,24,25,27). The molecule has 0 aliphatic rings. The lowest BCUT2D eigenvalue weighted by Crippen LogP contribution is -2.34. The van der Waals surface area contributed by atoms with Gasteiger partial charge in [0.15, 0.2) is 6.61 Å². The average molecular weight is 477 g/mol. The lowest BCUT2D eigenvalue weighted by molar-refractivity contribution is -0.383. The first-order valence-electron chi connectivity index (χ1n) is 9.21. The van der Waals surface area contributed by atoms with Gasteiger partial charge in [-0.2, -0.15) is 0 Å². The van der Waals surface area contributed by atoms with Crippen LogP contribution in [-0.2, 0) is 4.79 Å². The van der Waals surface area contributed by atoms with E-state index in [-0.39, 0.29) is 22.4 Å². The van der Waals surface area contributed by atoms with Gasteiger partial charge in [0.05, 0.1) is 9.95 Å². The number of hydrazine groups is 1. The summed E-state index contributed by atoms with van der Waals surface area (Å²) in [5, 5.41) is 15.3. The molecule has 3 N–H and O–H groups in total. The molecule has 10 nitrogen and oxygen atoms in total. The summed E-state index contributed by atoms with van der Waals surface area (Å²) in [6.07, 6.45) is 1.14. The van der Waals surface area contributed by atoms with Crippen molar-refractivity contribution in [3.8, 4) is 5.75 Å². The second-order valence-corrected chi connectivity index (χ2v) is 7.50. The molecule has 0 spiro atoms. The summed E-state index contributed by atoms with van der Waals surface area (Å²) >= 11 is 11.8. The first kappa shape index (κ1) is 23.0. The molecular weight excluding hydrogens is 459 g/mol. The maximum absolute atomic E-state index is 12.1.